The molecule has 3 nitrogen and oxygen atoms in total. The fourth-order valence-corrected chi connectivity index (χ4v) is 1.95. The van der Waals surface area contributed by atoms with Gasteiger partial charge in [-0.1, -0.05) is 32.0 Å². The molecule has 0 radical (unpaired) electrons. The molecule has 0 amide bonds. The highest BCUT2D eigenvalue weighted by Gasteiger charge is 2.13. The van der Waals surface area contributed by atoms with Gasteiger partial charge < -0.3 is 10.5 Å². The molecule has 0 saturated carbocycles. The van der Waals surface area contributed by atoms with Crippen LogP contribution in [0.5, 0.6) is 11.5 Å². The summed E-state index contributed by atoms with van der Waals surface area (Å²) in [5.41, 5.74) is 6.91. The molecule has 2 rings (SSSR count). The molecule has 0 spiro atoms. The lowest BCUT2D eigenvalue weighted by Gasteiger charge is -2.10. The number of anilines is 1. The van der Waals surface area contributed by atoms with Gasteiger partial charge in [0.05, 0.1) is 0 Å². The average Bonchev–Trinajstić information content (AvgIpc) is 2.41. The van der Waals surface area contributed by atoms with Gasteiger partial charge in [0.1, 0.15) is 11.5 Å². The largest absolute Gasteiger partial charge is 0.457 e. The van der Waals surface area contributed by atoms with Crippen LogP contribution in [0.15, 0.2) is 48.5 Å². The van der Waals surface area contributed by atoms with Crippen LogP contribution in [-0.2, 0) is 0 Å². The van der Waals surface area contributed by atoms with Gasteiger partial charge in [-0.2, -0.15) is 0 Å². The van der Waals surface area contributed by atoms with Crippen molar-refractivity contribution in [2.75, 3.05) is 5.73 Å². The Morgan fingerprint density at radius 1 is 1.10 bits per heavy atom. The fraction of sp³-hybridized carbons (Fsp3) is 0.235. The molecule has 2 N–H and O–H groups in total. The van der Waals surface area contributed by atoms with Crippen molar-refractivity contribution in [1.82, 2.24) is 0 Å². The number of ether oxygens (including phenoxy) is 1. The third-order valence-corrected chi connectivity index (χ3v) is 2.90. The first-order valence-electron chi connectivity index (χ1n) is 6.72. The fourth-order valence-electron chi connectivity index (χ4n) is 1.95. The topological polar surface area (TPSA) is 52.3 Å². The molecular formula is C17H19NO2. The van der Waals surface area contributed by atoms with Crippen LogP contribution in [-0.4, -0.2) is 5.78 Å². The minimum atomic E-state index is 0.0519. The summed E-state index contributed by atoms with van der Waals surface area (Å²) in [7, 11) is 0. The zero-order chi connectivity index (χ0) is 14.5. The van der Waals surface area contributed by atoms with Crippen molar-refractivity contribution in [3.8, 4) is 11.5 Å². The van der Waals surface area contributed by atoms with Gasteiger partial charge in [-0.05, 0) is 36.2 Å². The van der Waals surface area contributed by atoms with Crippen molar-refractivity contribution in [3.05, 3.63) is 54.1 Å². The summed E-state index contributed by atoms with van der Waals surface area (Å²) in [4.78, 5) is 12.1. The number of hydrogen-bond donors (Lipinski definition) is 1. The zero-order valence-electron chi connectivity index (χ0n) is 11.8. The molecule has 0 heterocycles. The molecule has 0 saturated heterocycles. The average molecular weight is 269 g/mol. The van der Waals surface area contributed by atoms with Gasteiger partial charge >= 0.3 is 0 Å². The lowest BCUT2D eigenvalue weighted by atomic mass is 10.00. The number of carbonyl (C=O) groups excluding carboxylic acids is 1. The predicted molar refractivity (Wildman–Crippen MR) is 81.2 cm³/mol. The number of carbonyl (C=O) groups is 1. The van der Waals surface area contributed by atoms with Gasteiger partial charge in [0.25, 0.3) is 0 Å². The first kappa shape index (κ1) is 14.1. The monoisotopic (exact) mass is 269 g/mol. The van der Waals surface area contributed by atoms with Gasteiger partial charge in [-0.25, -0.2) is 0 Å². The number of hydrogen-bond acceptors (Lipinski definition) is 3. The minimum absolute atomic E-state index is 0.0519. The number of ketones is 1. The summed E-state index contributed by atoms with van der Waals surface area (Å²) in [6.07, 6.45) is 0.485. The smallest absolute Gasteiger partial charge is 0.165 e. The van der Waals surface area contributed by atoms with Crippen LogP contribution in [0.1, 0.15) is 30.6 Å². The summed E-state index contributed by atoms with van der Waals surface area (Å²) in [5.74, 6) is 1.72. The van der Waals surface area contributed by atoms with Crippen molar-refractivity contribution in [3.63, 3.8) is 0 Å². The van der Waals surface area contributed by atoms with E-state index in [1.165, 1.54) is 0 Å². The van der Waals surface area contributed by atoms with Crippen LogP contribution in [0, 0.1) is 5.92 Å². The van der Waals surface area contributed by atoms with Crippen LogP contribution in [0.4, 0.5) is 5.69 Å². The second-order valence-electron chi connectivity index (χ2n) is 5.19. The summed E-state index contributed by atoms with van der Waals surface area (Å²) in [5, 5.41) is 0. The van der Waals surface area contributed by atoms with Crippen molar-refractivity contribution in [2.45, 2.75) is 20.3 Å². The van der Waals surface area contributed by atoms with E-state index in [1.807, 2.05) is 44.2 Å². The van der Waals surface area contributed by atoms with Crippen LogP contribution in [0.2, 0.25) is 0 Å². The molecule has 0 fully saturated rings. The van der Waals surface area contributed by atoms with Gasteiger partial charge in [-0.3, -0.25) is 4.79 Å². The van der Waals surface area contributed by atoms with E-state index < -0.39 is 0 Å². The highest BCUT2D eigenvalue weighted by atomic mass is 16.5. The molecule has 20 heavy (non-hydrogen) atoms. The van der Waals surface area contributed by atoms with Crippen molar-refractivity contribution in [1.29, 1.82) is 0 Å². The Kier molecular flexibility index (Phi) is 4.41. The van der Waals surface area contributed by atoms with Crippen LogP contribution >= 0.6 is 0 Å². The van der Waals surface area contributed by atoms with E-state index in [0.717, 1.165) is 5.75 Å². The first-order valence-corrected chi connectivity index (χ1v) is 6.72. The van der Waals surface area contributed by atoms with E-state index >= 15 is 0 Å². The molecule has 0 unspecified atom stereocenters. The van der Waals surface area contributed by atoms with Gasteiger partial charge in [0.15, 0.2) is 5.78 Å². The molecule has 0 aliphatic carbocycles. The summed E-state index contributed by atoms with van der Waals surface area (Å²) in [6.45, 7) is 4.02. The highest BCUT2D eigenvalue weighted by Crippen LogP contribution is 2.26. The Hall–Kier alpha value is -2.29. The van der Waals surface area contributed by atoms with E-state index in [-0.39, 0.29) is 5.78 Å². The van der Waals surface area contributed by atoms with Crippen molar-refractivity contribution >= 4 is 11.5 Å². The molecule has 0 aromatic heterocycles. The summed E-state index contributed by atoms with van der Waals surface area (Å²) < 4.78 is 5.72. The molecule has 0 aliphatic heterocycles. The second-order valence-corrected chi connectivity index (χ2v) is 5.19. The molecule has 3 heteroatoms. The Bertz CT molecular complexity index is 591. The standard InChI is InChI=1S/C17H19NO2/c1-12(2)10-17(19)15-11-14(8-9-16(15)18)20-13-6-4-3-5-7-13/h3-9,11-12H,10,18H2,1-2H3. The van der Waals surface area contributed by atoms with E-state index in [1.54, 1.807) is 18.2 Å². The lowest BCUT2D eigenvalue weighted by molar-refractivity contribution is 0.0968. The quantitative estimate of drug-likeness (QED) is 0.650. The molecule has 0 atom stereocenters. The normalized spacial score (nSPS) is 10.6. The molecule has 2 aromatic rings. The number of Topliss-reactive ketones (excluding diaryl/α,β-unsaturated/α-hetero) is 1. The SMILES string of the molecule is CC(C)CC(=O)c1cc(Oc2ccccc2)ccc1N. The predicted octanol–water partition coefficient (Wildman–Crippen LogP) is 4.29. The molecule has 0 bridgehead atoms. The van der Waals surface area contributed by atoms with Crippen LogP contribution < -0.4 is 10.5 Å². The Morgan fingerprint density at radius 3 is 2.45 bits per heavy atom. The third-order valence-electron chi connectivity index (χ3n) is 2.90. The number of benzene rings is 2. The number of para-hydroxylation sites is 1. The number of nitrogen functional groups attached to an aromatic ring is 1. The maximum Gasteiger partial charge on any atom is 0.165 e. The molecule has 0 aliphatic rings. The number of rotatable bonds is 5. The Labute approximate surface area is 119 Å². The van der Waals surface area contributed by atoms with Crippen LogP contribution in [0.25, 0.3) is 0 Å². The maximum atomic E-state index is 12.1. The minimum Gasteiger partial charge on any atom is -0.457 e. The van der Waals surface area contributed by atoms with Crippen LogP contribution in [0.3, 0.4) is 0 Å². The Balaban J connectivity index is 2.22. The molecular weight excluding hydrogens is 250 g/mol. The highest BCUT2D eigenvalue weighted by molar-refractivity contribution is 6.01. The zero-order valence-corrected chi connectivity index (χ0v) is 11.8. The third kappa shape index (κ3) is 3.60. The Morgan fingerprint density at radius 2 is 1.80 bits per heavy atom. The van der Waals surface area contributed by atoms with Gasteiger partial charge in [-0.15, -0.1) is 0 Å². The van der Waals surface area contributed by atoms with E-state index in [0.29, 0.717) is 29.3 Å². The van der Waals surface area contributed by atoms with E-state index in [9.17, 15) is 4.79 Å². The van der Waals surface area contributed by atoms with E-state index in [2.05, 4.69) is 0 Å². The second kappa shape index (κ2) is 6.24. The van der Waals surface area contributed by atoms with Crippen molar-refractivity contribution < 1.29 is 9.53 Å². The molecule has 2 aromatic carbocycles. The maximum absolute atomic E-state index is 12.1. The summed E-state index contributed by atoms with van der Waals surface area (Å²) in [6, 6.07) is 14.7. The summed E-state index contributed by atoms with van der Waals surface area (Å²) >= 11 is 0. The van der Waals surface area contributed by atoms with Crippen molar-refractivity contribution in [2.24, 2.45) is 5.92 Å². The van der Waals surface area contributed by atoms with Gasteiger partial charge in [0, 0.05) is 17.7 Å². The lowest BCUT2D eigenvalue weighted by Crippen LogP contribution is -2.07. The molecule has 104 valence electrons. The number of nitrogens with two attached hydrogens (primary N) is 1. The van der Waals surface area contributed by atoms with E-state index in [4.69, 9.17) is 10.5 Å². The van der Waals surface area contributed by atoms with Gasteiger partial charge in [0.2, 0.25) is 0 Å². The first-order chi connectivity index (χ1) is 9.56.